The lowest BCUT2D eigenvalue weighted by atomic mass is 10.2. The summed E-state index contributed by atoms with van der Waals surface area (Å²) in [7, 11) is -3.60. The molecule has 1 aromatic carbocycles. The maximum Gasteiger partial charge on any atom is 0.271 e. The number of hydrogen-bond donors (Lipinski definition) is 3. The molecule has 4 heterocycles. The summed E-state index contributed by atoms with van der Waals surface area (Å²) in [6.07, 6.45) is 1.94. The molecule has 3 aromatic heterocycles. The maximum absolute atomic E-state index is 12.6. The van der Waals surface area contributed by atoms with Crippen LogP contribution < -0.4 is 10.0 Å². The van der Waals surface area contributed by atoms with Gasteiger partial charge in [-0.1, -0.05) is 18.2 Å². The number of rotatable bonds is 6. The zero-order valence-corrected chi connectivity index (χ0v) is 18.5. The van der Waals surface area contributed by atoms with Crippen molar-refractivity contribution in [1.82, 2.24) is 20.2 Å². The van der Waals surface area contributed by atoms with Crippen LogP contribution >= 0.6 is 22.7 Å². The number of thiazole rings is 1. The van der Waals surface area contributed by atoms with Crippen molar-refractivity contribution in [2.45, 2.75) is 10.8 Å². The van der Waals surface area contributed by atoms with Gasteiger partial charge in [-0.3, -0.25) is 9.62 Å². The average Bonchev–Trinajstić information content (AvgIpc) is 3.49. The molecule has 1 aliphatic heterocycles. The Morgan fingerprint density at radius 1 is 1.17 bits per heavy atom. The predicted octanol–water partition coefficient (Wildman–Crippen LogP) is 3.56. The van der Waals surface area contributed by atoms with Gasteiger partial charge in [0.25, 0.3) is 10.0 Å². The van der Waals surface area contributed by atoms with Crippen LogP contribution in [0.5, 0.6) is 0 Å². The second-order valence-electron chi connectivity index (χ2n) is 7.15. The molecule has 3 N–H and O–H groups in total. The minimum Gasteiger partial charge on any atom is -0.351 e. The van der Waals surface area contributed by atoms with Crippen LogP contribution in [0.15, 0.2) is 52.2 Å². The number of sulfonamides is 1. The Kier molecular flexibility index (Phi) is 5.34. The molecule has 0 spiro atoms. The molecule has 30 heavy (non-hydrogen) atoms. The summed E-state index contributed by atoms with van der Waals surface area (Å²) in [5.74, 6) is 0. The van der Waals surface area contributed by atoms with Gasteiger partial charge in [-0.2, -0.15) is 0 Å². The Balaban J connectivity index is 1.41. The Morgan fingerprint density at radius 3 is 2.83 bits per heavy atom. The molecule has 1 aliphatic rings. The lowest BCUT2D eigenvalue weighted by molar-refractivity contribution is 0.235. The number of benzene rings is 1. The molecule has 156 valence electrons. The molecule has 0 aliphatic carbocycles. The fraction of sp³-hybridized carbons (Fsp3) is 0.250. The van der Waals surface area contributed by atoms with Crippen LogP contribution in [0, 0.1) is 0 Å². The molecular weight excluding hydrogens is 438 g/mol. The zero-order valence-electron chi connectivity index (χ0n) is 16.1. The molecular formula is C20H21N5O2S3. The van der Waals surface area contributed by atoms with E-state index < -0.39 is 10.0 Å². The Labute approximate surface area is 182 Å². The summed E-state index contributed by atoms with van der Waals surface area (Å²) in [5, 5.41) is 6.97. The largest absolute Gasteiger partial charge is 0.351 e. The second-order valence-corrected chi connectivity index (χ2v) is 11.1. The molecule has 0 amide bonds. The summed E-state index contributed by atoms with van der Waals surface area (Å²) >= 11 is 2.87. The molecule has 1 saturated heterocycles. The van der Waals surface area contributed by atoms with Crippen LogP contribution in [0.1, 0.15) is 4.88 Å². The summed E-state index contributed by atoms with van der Waals surface area (Å²) in [5.41, 5.74) is 2.18. The number of hydrogen-bond acceptors (Lipinski definition) is 7. The number of aromatic nitrogens is 2. The number of fused-ring (bicyclic) bond motifs is 1. The monoisotopic (exact) mass is 459 g/mol. The van der Waals surface area contributed by atoms with Gasteiger partial charge < -0.3 is 10.3 Å². The van der Waals surface area contributed by atoms with Crippen LogP contribution in [0.3, 0.4) is 0 Å². The van der Waals surface area contributed by atoms with Gasteiger partial charge in [0.1, 0.15) is 9.22 Å². The van der Waals surface area contributed by atoms with Crippen molar-refractivity contribution in [3.05, 3.63) is 52.9 Å². The topological polar surface area (TPSA) is 90.1 Å². The standard InChI is InChI=1S/C20H21N5O2S3/c26-30(27,18-5-2-10-28-18)24-16-4-1-3-14-11-17(23-19(14)16)20-22-12-15(29-20)13-25-8-6-21-7-9-25/h1-5,10-12,21,23-24H,6-9,13H2. The van der Waals surface area contributed by atoms with Gasteiger partial charge >= 0.3 is 0 Å². The van der Waals surface area contributed by atoms with Crippen molar-refractivity contribution in [3.63, 3.8) is 0 Å². The van der Waals surface area contributed by atoms with E-state index in [1.54, 1.807) is 34.9 Å². The van der Waals surface area contributed by atoms with Crippen LogP contribution in [0.25, 0.3) is 21.6 Å². The highest BCUT2D eigenvalue weighted by Crippen LogP contribution is 2.32. The first-order chi connectivity index (χ1) is 14.6. The Morgan fingerprint density at radius 2 is 2.03 bits per heavy atom. The quantitative estimate of drug-likeness (QED) is 0.410. The highest BCUT2D eigenvalue weighted by Gasteiger charge is 2.18. The van der Waals surface area contributed by atoms with E-state index in [-0.39, 0.29) is 0 Å². The Hall–Kier alpha value is -2.24. The fourth-order valence-corrected chi connectivity index (χ4v) is 6.55. The lowest BCUT2D eigenvalue weighted by Gasteiger charge is -2.26. The highest BCUT2D eigenvalue weighted by atomic mass is 32.2. The van der Waals surface area contributed by atoms with Gasteiger partial charge in [-0.05, 0) is 23.6 Å². The number of aromatic amines is 1. The lowest BCUT2D eigenvalue weighted by Crippen LogP contribution is -2.42. The van der Waals surface area contributed by atoms with E-state index in [1.165, 1.54) is 16.2 Å². The average molecular weight is 460 g/mol. The van der Waals surface area contributed by atoms with Crippen LogP contribution in [0.2, 0.25) is 0 Å². The zero-order chi connectivity index (χ0) is 20.6. The molecule has 4 aromatic rings. The van der Waals surface area contributed by atoms with Crippen LogP contribution in [-0.2, 0) is 16.6 Å². The molecule has 10 heteroatoms. The number of para-hydroxylation sites is 1. The SMILES string of the molecule is O=S(=O)(Nc1cccc2cc(-c3ncc(CN4CCNCC4)s3)[nH]c12)c1cccs1. The summed E-state index contributed by atoms with van der Waals surface area (Å²) < 4.78 is 28.3. The van der Waals surface area contributed by atoms with E-state index in [4.69, 9.17) is 0 Å². The first-order valence-electron chi connectivity index (χ1n) is 9.65. The number of nitrogens with one attached hydrogen (secondary N) is 3. The number of anilines is 1. The molecule has 0 saturated carbocycles. The third kappa shape index (κ3) is 4.01. The van der Waals surface area contributed by atoms with Gasteiger partial charge in [0.2, 0.25) is 0 Å². The van der Waals surface area contributed by atoms with Crippen molar-refractivity contribution in [2.24, 2.45) is 0 Å². The predicted molar refractivity (Wildman–Crippen MR) is 123 cm³/mol. The molecule has 5 rings (SSSR count). The molecule has 0 bridgehead atoms. The Bertz CT molecular complexity index is 1250. The van der Waals surface area contributed by atoms with Crippen molar-refractivity contribution in [3.8, 4) is 10.7 Å². The molecule has 0 atom stereocenters. The minimum absolute atomic E-state index is 0.295. The molecule has 1 fully saturated rings. The van der Waals surface area contributed by atoms with E-state index in [1.807, 2.05) is 24.4 Å². The minimum atomic E-state index is -3.60. The third-order valence-electron chi connectivity index (χ3n) is 5.03. The van der Waals surface area contributed by atoms with Crippen LogP contribution in [-0.4, -0.2) is 49.5 Å². The molecule has 0 unspecified atom stereocenters. The van der Waals surface area contributed by atoms with E-state index >= 15 is 0 Å². The number of nitrogens with zero attached hydrogens (tertiary/aromatic N) is 2. The van der Waals surface area contributed by atoms with Crippen molar-refractivity contribution in [1.29, 1.82) is 0 Å². The van der Waals surface area contributed by atoms with Gasteiger partial charge in [-0.25, -0.2) is 13.4 Å². The highest BCUT2D eigenvalue weighted by molar-refractivity contribution is 7.94. The van der Waals surface area contributed by atoms with Gasteiger partial charge in [0, 0.05) is 49.2 Å². The second kappa shape index (κ2) is 8.12. The van der Waals surface area contributed by atoms with E-state index in [0.29, 0.717) is 9.90 Å². The maximum atomic E-state index is 12.6. The summed E-state index contributed by atoms with van der Waals surface area (Å²) in [6, 6.07) is 10.9. The van der Waals surface area contributed by atoms with Gasteiger partial charge in [0.15, 0.2) is 0 Å². The van der Waals surface area contributed by atoms with Crippen LogP contribution in [0.4, 0.5) is 5.69 Å². The van der Waals surface area contributed by atoms with Crippen molar-refractivity contribution in [2.75, 3.05) is 30.9 Å². The molecule has 0 radical (unpaired) electrons. The first kappa shape index (κ1) is 19.7. The molecule has 7 nitrogen and oxygen atoms in total. The van der Waals surface area contributed by atoms with E-state index in [9.17, 15) is 8.42 Å². The smallest absolute Gasteiger partial charge is 0.271 e. The number of thiophene rings is 1. The number of piperazine rings is 1. The van der Waals surface area contributed by atoms with Crippen molar-refractivity contribution >= 4 is 49.3 Å². The fourth-order valence-electron chi connectivity index (χ4n) is 3.56. The normalized spacial score (nSPS) is 15.6. The van der Waals surface area contributed by atoms with E-state index in [2.05, 4.69) is 24.9 Å². The van der Waals surface area contributed by atoms with E-state index in [0.717, 1.165) is 54.3 Å². The third-order valence-corrected chi connectivity index (χ3v) is 8.81. The summed E-state index contributed by atoms with van der Waals surface area (Å²) in [6.45, 7) is 5.06. The number of H-pyrrole nitrogens is 1. The van der Waals surface area contributed by atoms with Gasteiger partial charge in [-0.15, -0.1) is 22.7 Å². The van der Waals surface area contributed by atoms with Gasteiger partial charge in [0.05, 0.1) is 16.9 Å². The summed E-state index contributed by atoms with van der Waals surface area (Å²) in [4.78, 5) is 11.6. The first-order valence-corrected chi connectivity index (χ1v) is 12.8. The van der Waals surface area contributed by atoms with Crippen molar-refractivity contribution < 1.29 is 8.42 Å².